The normalized spacial score (nSPS) is 14.2. The molecule has 2 amide bonds. The number of nitrogens with zero attached hydrogens (tertiary/aromatic N) is 5. The third kappa shape index (κ3) is 5.45. The molecule has 5 rings (SSSR count). The number of fused-ring (bicyclic) bond motifs is 1. The quantitative estimate of drug-likeness (QED) is 0.406. The van der Waals surface area contributed by atoms with Crippen molar-refractivity contribution in [2.75, 3.05) is 23.7 Å². The number of piperidine rings is 1. The van der Waals surface area contributed by atoms with Crippen LogP contribution in [0.2, 0.25) is 0 Å². The third-order valence-electron chi connectivity index (χ3n) is 6.76. The van der Waals surface area contributed by atoms with Crippen LogP contribution in [-0.4, -0.2) is 55.4 Å². The molecule has 1 aliphatic rings. The average Bonchev–Trinajstić information content (AvgIpc) is 3.38. The number of benzene rings is 1. The minimum absolute atomic E-state index is 0.0195. The summed E-state index contributed by atoms with van der Waals surface area (Å²) in [5.74, 6) is 0.828. The number of hydrogen-bond acceptors (Lipinski definition) is 6. The molecule has 0 radical (unpaired) electrons. The fraction of sp³-hybridized carbons (Fsp3) is 0.321. The Morgan fingerprint density at radius 1 is 1.03 bits per heavy atom. The van der Waals surface area contributed by atoms with E-state index >= 15 is 0 Å². The highest BCUT2D eigenvalue weighted by Crippen LogP contribution is 2.29. The van der Waals surface area contributed by atoms with Gasteiger partial charge in [-0.2, -0.15) is 0 Å². The molecule has 190 valence electrons. The van der Waals surface area contributed by atoms with Gasteiger partial charge in [0.15, 0.2) is 5.65 Å². The summed E-state index contributed by atoms with van der Waals surface area (Å²) < 4.78 is 1.93. The molecule has 9 nitrogen and oxygen atoms in total. The summed E-state index contributed by atoms with van der Waals surface area (Å²) >= 11 is 0. The van der Waals surface area contributed by atoms with E-state index in [0.29, 0.717) is 35.8 Å². The van der Waals surface area contributed by atoms with Gasteiger partial charge in [0.2, 0.25) is 0 Å². The number of anilines is 2. The van der Waals surface area contributed by atoms with Gasteiger partial charge in [-0.05, 0) is 81.0 Å². The molecule has 1 aliphatic heterocycles. The topological polar surface area (TPSA) is 105 Å². The van der Waals surface area contributed by atoms with Crippen molar-refractivity contribution in [1.82, 2.24) is 24.5 Å². The molecule has 4 heterocycles. The number of likely N-dealkylation sites (tertiary alicyclic amines) is 1. The van der Waals surface area contributed by atoms with Gasteiger partial charge in [-0.3, -0.25) is 14.0 Å². The Kier molecular flexibility index (Phi) is 6.85. The van der Waals surface area contributed by atoms with E-state index in [-0.39, 0.29) is 17.9 Å². The van der Waals surface area contributed by atoms with Crippen LogP contribution in [-0.2, 0) is 0 Å². The molecule has 37 heavy (non-hydrogen) atoms. The Bertz CT molecular complexity index is 1420. The number of nitrogens with one attached hydrogen (secondary N) is 2. The molecule has 3 aromatic heterocycles. The van der Waals surface area contributed by atoms with Gasteiger partial charge in [-0.1, -0.05) is 12.1 Å². The zero-order valence-corrected chi connectivity index (χ0v) is 21.3. The number of amides is 2. The Hall–Kier alpha value is -4.27. The van der Waals surface area contributed by atoms with Crippen LogP contribution < -0.4 is 10.6 Å². The zero-order valence-electron chi connectivity index (χ0n) is 21.3. The number of pyridine rings is 2. The van der Waals surface area contributed by atoms with E-state index in [1.54, 1.807) is 30.7 Å². The summed E-state index contributed by atoms with van der Waals surface area (Å²) in [4.78, 5) is 32.4. The van der Waals surface area contributed by atoms with Crippen molar-refractivity contribution in [2.45, 2.75) is 45.6 Å². The molecule has 9 heteroatoms. The van der Waals surface area contributed by atoms with Gasteiger partial charge in [0.05, 0.1) is 5.56 Å². The fourth-order valence-electron chi connectivity index (χ4n) is 4.68. The molecule has 1 fully saturated rings. The second kappa shape index (κ2) is 10.4. The van der Waals surface area contributed by atoms with Crippen LogP contribution in [0.25, 0.3) is 5.65 Å². The first-order valence-electron chi connectivity index (χ1n) is 12.6. The number of aromatic nitrogens is 4. The first-order chi connectivity index (χ1) is 17.9. The zero-order chi connectivity index (χ0) is 25.9. The maximum atomic E-state index is 13.3. The van der Waals surface area contributed by atoms with Crippen LogP contribution >= 0.6 is 0 Å². The summed E-state index contributed by atoms with van der Waals surface area (Å²) in [6.07, 6.45) is 7.12. The van der Waals surface area contributed by atoms with Crippen LogP contribution in [0, 0.1) is 6.92 Å². The van der Waals surface area contributed by atoms with E-state index in [2.05, 4.69) is 38.1 Å². The van der Waals surface area contributed by atoms with E-state index in [1.807, 2.05) is 48.3 Å². The molecule has 0 atom stereocenters. The lowest BCUT2D eigenvalue weighted by atomic mass is 9.90. The van der Waals surface area contributed by atoms with Crippen molar-refractivity contribution in [2.24, 2.45) is 0 Å². The molecule has 4 aromatic rings. The standard InChI is InChI=1S/C28H31N7O2/c1-18(2)31-25-8-6-22(15-29-25)27(36)32-24-14-21(5-4-19(24)3)28(37)34-12-10-20(11-13-34)23-7-9-26-33-30-17-35(26)16-23/h4-9,14-18,20H,10-13H2,1-3H3,(H,29,31)(H,32,36). The minimum Gasteiger partial charge on any atom is -0.368 e. The van der Waals surface area contributed by atoms with Crippen LogP contribution in [0.5, 0.6) is 0 Å². The maximum absolute atomic E-state index is 13.3. The Morgan fingerprint density at radius 3 is 2.54 bits per heavy atom. The van der Waals surface area contributed by atoms with Gasteiger partial charge in [0.25, 0.3) is 11.8 Å². The Morgan fingerprint density at radius 2 is 1.81 bits per heavy atom. The van der Waals surface area contributed by atoms with Crippen LogP contribution in [0.3, 0.4) is 0 Å². The van der Waals surface area contributed by atoms with Crippen molar-refractivity contribution in [3.63, 3.8) is 0 Å². The van der Waals surface area contributed by atoms with E-state index in [4.69, 9.17) is 0 Å². The third-order valence-corrected chi connectivity index (χ3v) is 6.76. The molecule has 0 bridgehead atoms. The van der Waals surface area contributed by atoms with Crippen molar-refractivity contribution in [1.29, 1.82) is 0 Å². The monoisotopic (exact) mass is 497 g/mol. The molecule has 1 saturated heterocycles. The molecule has 0 spiro atoms. The van der Waals surface area contributed by atoms with Gasteiger partial charge in [0, 0.05) is 42.8 Å². The van der Waals surface area contributed by atoms with Crippen molar-refractivity contribution in [3.8, 4) is 0 Å². The average molecular weight is 498 g/mol. The Balaban J connectivity index is 1.23. The maximum Gasteiger partial charge on any atom is 0.257 e. The minimum atomic E-state index is -0.262. The second-order valence-electron chi connectivity index (χ2n) is 9.84. The summed E-state index contributed by atoms with van der Waals surface area (Å²) in [7, 11) is 0. The predicted molar refractivity (Wildman–Crippen MR) is 143 cm³/mol. The van der Waals surface area contributed by atoms with Gasteiger partial charge in [-0.25, -0.2) is 4.98 Å². The highest BCUT2D eigenvalue weighted by molar-refractivity contribution is 6.05. The number of carbonyl (C=O) groups is 2. The van der Waals surface area contributed by atoms with E-state index in [9.17, 15) is 9.59 Å². The van der Waals surface area contributed by atoms with Gasteiger partial charge in [0.1, 0.15) is 12.1 Å². The lowest BCUT2D eigenvalue weighted by Crippen LogP contribution is -2.38. The van der Waals surface area contributed by atoms with Gasteiger partial charge in [-0.15, -0.1) is 10.2 Å². The number of rotatable bonds is 6. The Labute approximate surface area is 215 Å². The number of aryl methyl sites for hydroxylation is 1. The first kappa shape index (κ1) is 24.4. The molecule has 2 N–H and O–H groups in total. The lowest BCUT2D eigenvalue weighted by Gasteiger charge is -2.32. The largest absolute Gasteiger partial charge is 0.368 e. The smallest absolute Gasteiger partial charge is 0.257 e. The summed E-state index contributed by atoms with van der Waals surface area (Å²) in [6.45, 7) is 7.34. The van der Waals surface area contributed by atoms with Crippen LogP contribution in [0.1, 0.15) is 64.4 Å². The van der Waals surface area contributed by atoms with Gasteiger partial charge < -0.3 is 15.5 Å². The molecule has 0 saturated carbocycles. The molecule has 1 aromatic carbocycles. The highest BCUT2D eigenvalue weighted by Gasteiger charge is 2.25. The predicted octanol–water partition coefficient (Wildman–Crippen LogP) is 4.53. The SMILES string of the molecule is Cc1ccc(C(=O)N2CCC(c3ccc4nncn4c3)CC2)cc1NC(=O)c1ccc(NC(C)C)nc1. The van der Waals surface area contributed by atoms with E-state index in [0.717, 1.165) is 29.9 Å². The number of hydrogen-bond donors (Lipinski definition) is 2. The van der Waals surface area contributed by atoms with Crippen molar-refractivity contribution >= 4 is 29.0 Å². The van der Waals surface area contributed by atoms with Crippen molar-refractivity contribution in [3.05, 3.63) is 83.4 Å². The summed E-state index contributed by atoms with van der Waals surface area (Å²) in [5, 5.41) is 14.2. The molecule has 0 unspecified atom stereocenters. The fourth-order valence-corrected chi connectivity index (χ4v) is 4.68. The summed E-state index contributed by atoms with van der Waals surface area (Å²) in [5.41, 5.74) is 4.60. The van der Waals surface area contributed by atoms with Gasteiger partial charge >= 0.3 is 0 Å². The van der Waals surface area contributed by atoms with E-state index in [1.165, 1.54) is 5.56 Å². The molecular formula is C28H31N7O2. The lowest BCUT2D eigenvalue weighted by molar-refractivity contribution is 0.0712. The number of carbonyl (C=O) groups excluding carboxylic acids is 2. The molecule has 0 aliphatic carbocycles. The van der Waals surface area contributed by atoms with Crippen LogP contribution in [0.4, 0.5) is 11.5 Å². The highest BCUT2D eigenvalue weighted by atomic mass is 16.2. The molecular weight excluding hydrogens is 466 g/mol. The second-order valence-corrected chi connectivity index (χ2v) is 9.84. The van der Waals surface area contributed by atoms with Crippen molar-refractivity contribution < 1.29 is 9.59 Å². The first-order valence-corrected chi connectivity index (χ1v) is 12.6. The summed E-state index contributed by atoms with van der Waals surface area (Å²) in [6, 6.07) is 13.3. The van der Waals surface area contributed by atoms with E-state index < -0.39 is 0 Å². The van der Waals surface area contributed by atoms with Crippen LogP contribution in [0.15, 0.2) is 61.2 Å².